The number of halogens is 1. The Morgan fingerprint density at radius 3 is 2.62 bits per heavy atom. The molecule has 1 aromatic rings. The molecule has 0 bridgehead atoms. The van der Waals surface area contributed by atoms with Gasteiger partial charge in [0.2, 0.25) is 5.91 Å². The number of nitrogens with one attached hydrogen (secondary N) is 2. The molecule has 0 aliphatic rings. The number of thiocarbonyl (C=S) groups is 1. The first-order valence-electron chi connectivity index (χ1n) is 4.48. The van der Waals surface area contributed by atoms with Crippen LogP contribution >= 0.6 is 28.1 Å². The number of aromatic hydroxyl groups is 1. The number of hydrogen-bond donors (Lipinski definition) is 3. The molecule has 6 heteroatoms. The van der Waals surface area contributed by atoms with Crippen LogP contribution < -0.4 is 10.6 Å². The molecular formula is C10H11BrN2O2S. The highest BCUT2D eigenvalue weighted by atomic mass is 79.9. The van der Waals surface area contributed by atoms with E-state index in [0.717, 1.165) is 0 Å². The summed E-state index contributed by atoms with van der Waals surface area (Å²) in [6.07, 6.45) is 0. The van der Waals surface area contributed by atoms with Gasteiger partial charge in [-0.2, -0.15) is 0 Å². The Kier molecular flexibility index (Phi) is 4.26. The number of carbonyl (C=O) groups is 1. The molecule has 1 amide bonds. The van der Waals surface area contributed by atoms with Gasteiger partial charge < -0.3 is 15.7 Å². The average molecular weight is 303 g/mol. The summed E-state index contributed by atoms with van der Waals surface area (Å²) >= 11 is 8.13. The molecule has 0 aliphatic carbocycles. The van der Waals surface area contributed by atoms with Gasteiger partial charge in [0.1, 0.15) is 5.75 Å². The standard InChI is InChI=1S/C10H11BrN2O2S/c1-5-3-7(4-8(11)9(5)15)13-10(16)12-6(2)14/h3-4,15H,1-2H3,(H2,12,13,14,16). The summed E-state index contributed by atoms with van der Waals surface area (Å²) in [7, 11) is 0. The zero-order valence-electron chi connectivity index (χ0n) is 8.80. The highest BCUT2D eigenvalue weighted by molar-refractivity contribution is 9.10. The smallest absolute Gasteiger partial charge is 0.222 e. The third-order valence-electron chi connectivity index (χ3n) is 1.80. The second kappa shape index (κ2) is 5.27. The number of rotatable bonds is 1. The molecule has 0 saturated heterocycles. The summed E-state index contributed by atoms with van der Waals surface area (Å²) in [5.74, 6) is -0.0388. The molecule has 0 spiro atoms. The first-order valence-corrected chi connectivity index (χ1v) is 5.68. The SMILES string of the molecule is CC(=O)NC(=S)Nc1cc(C)c(O)c(Br)c1. The summed E-state index contributed by atoms with van der Waals surface area (Å²) in [5.41, 5.74) is 1.41. The van der Waals surface area contributed by atoms with Crippen LogP contribution in [-0.4, -0.2) is 16.1 Å². The fourth-order valence-corrected chi connectivity index (χ4v) is 1.95. The lowest BCUT2D eigenvalue weighted by Crippen LogP contribution is -2.32. The van der Waals surface area contributed by atoms with Gasteiger partial charge in [-0.3, -0.25) is 4.79 Å². The van der Waals surface area contributed by atoms with Gasteiger partial charge in [-0.15, -0.1) is 0 Å². The van der Waals surface area contributed by atoms with Crippen molar-refractivity contribution in [2.24, 2.45) is 0 Å². The van der Waals surface area contributed by atoms with E-state index in [1.807, 2.05) is 0 Å². The van der Waals surface area contributed by atoms with Crippen molar-refractivity contribution in [1.29, 1.82) is 0 Å². The van der Waals surface area contributed by atoms with Gasteiger partial charge in [0, 0.05) is 12.6 Å². The number of carbonyl (C=O) groups excluding carboxylic acids is 1. The van der Waals surface area contributed by atoms with Crippen molar-refractivity contribution >= 4 is 44.9 Å². The minimum atomic E-state index is -0.230. The van der Waals surface area contributed by atoms with Crippen molar-refractivity contribution in [1.82, 2.24) is 5.32 Å². The lowest BCUT2D eigenvalue weighted by Gasteiger charge is -2.10. The van der Waals surface area contributed by atoms with Gasteiger partial charge in [-0.05, 0) is 52.8 Å². The summed E-state index contributed by atoms with van der Waals surface area (Å²) in [6.45, 7) is 3.15. The van der Waals surface area contributed by atoms with E-state index < -0.39 is 0 Å². The maximum Gasteiger partial charge on any atom is 0.222 e. The molecule has 0 unspecified atom stereocenters. The van der Waals surface area contributed by atoms with Gasteiger partial charge in [0.05, 0.1) is 4.47 Å². The highest BCUT2D eigenvalue weighted by Gasteiger charge is 2.06. The molecule has 3 N–H and O–H groups in total. The van der Waals surface area contributed by atoms with E-state index in [1.54, 1.807) is 19.1 Å². The molecule has 0 radical (unpaired) electrons. The van der Waals surface area contributed by atoms with E-state index >= 15 is 0 Å². The largest absolute Gasteiger partial charge is 0.506 e. The fraction of sp³-hybridized carbons (Fsp3) is 0.200. The Morgan fingerprint density at radius 1 is 1.50 bits per heavy atom. The normalized spacial score (nSPS) is 9.69. The van der Waals surface area contributed by atoms with Crippen LogP contribution in [0.3, 0.4) is 0 Å². The van der Waals surface area contributed by atoms with Gasteiger partial charge in [-0.1, -0.05) is 0 Å². The second-order valence-electron chi connectivity index (χ2n) is 3.26. The minimum absolute atomic E-state index is 0.191. The summed E-state index contributed by atoms with van der Waals surface area (Å²) in [6, 6.07) is 3.41. The molecule has 86 valence electrons. The van der Waals surface area contributed by atoms with Crippen molar-refractivity contribution in [3.8, 4) is 5.75 Å². The van der Waals surface area contributed by atoms with Crippen molar-refractivity contribution in [3.63, 3.8) is 0 Å². The predicted molar refractivity (Wildman–Crippen MR) is 70.6 cm³/mol. The van der Waals surface area contributed by atoms with Gasteiger partial charge in [0.25, 0.3) is 0 Å². The molecule has 0 aromatic heterocycles. The first kappa shape index (κ1) is 12.9. The molecule has 16 heavy (non-hydrogen) atoms. The molecular weight excluding hydrogens is 292 g/mol. The van der Waals surface area contributed by atoms with Crippen LogP contribution in [0.4, 0.5) is 5.69 Å². The third-order valence-corrected chi connectivity index (χ3v) is 2.61. The van der Waals surface area contributed by atoms with Crippen LogP contribution in [0.5, 0.6) is 5.75 Å². The Hall–Kier alpha value is -1.14. The third kappa shape index (κ3) is 3.46. The maximum atomic E-state index is 10.7. The van der Waals surface area contributed by atoms with E-state index in [1.165, 1.54) is 6.92 Å². The van der Waals surface area contributed by atoms with E-state index in [4.69, 9.17) is 12.2 Å². The predicted octanol–water partition coefficient (Wildman–Crippen LogP) is 2.30. The molecule has 1 aromatic carbocycles. The fourth-order valence-electron chi connectivity index (χ4n) is 1.13. The van der Waals surface area contributed by atoms with Gasteiger partial charge >= 0.3 is 0 Å². The topological polar surface area (TPSA) is 61.4 Å². The first-order chi connectivity index (χ1) is 7.40. The number of phenolic OH excluding ortho intramolecular Hbond substituents is 1. The average Bonchev–Trinajstić information content (AvgIpc) is 2.12. The zero-order chi connectivity index (χ0) is 12.3. The second-order valence-corrected chi connectivity index (χ2v) is 4.52. The Balaban J connectivity index is 2.82. The van der Waals surface area contributed by atoms with E-state index in [2.05, 4.69) is 26.6 Å². The summed E-state index contributed by atoms with van der Waals surface area (Å²) < 4.78 is 0.570. The Morgan fingerprint density at radius 2 is 2.12 bits per heavy atom. The molecule has 4 nitrogen and oxygen atoms in total. The number of hydrogen-bond acceptors (Lipinski definition) is 3. The summed E-state index contributed by atoms with van der Waals surface area (Å²) in [4.78, 5) is 10.7. The Labute approximate surface area is 107 Å². The Bertz CT molecular complexity index is 425. The number of phenols is 1. The zero-order valence-corrected chi connectivity index (χ0v) is 11.2. The quantitative estimate of drug-likeness (QED) is 0.550. The van der Waals surface area contributed by atoms with Crippen molar-refractivity contribution in [3.05, 3.63) is 22.2 Å². The molecule has 0 aliphatic heterocycles. The van der Waals surface area contributed by atoms with Crippen molar-refractivity contribution in [2.45, 2.75) is 13.8 Å². The molecule has 1 rings (SSSR count). The maximum absolute atomic E-state index is 10.7. The number of amides is 1. The van der Waals surface area contributed by atoms with Crippen LogP contribution in [0.25, 0.3) is 0 Å². The van der Waals surface area contributed by atoms with Crippen molar-refractivity contribution in [2.75, 3.05) is 5.32 Å². The number of aryl methyl sites for hydroxylation is 1. The molecule has 0 saturated carbocycles. The number of benzene rings is 1. The molecule has 0 heterocycles. The lowest BCUT2D eigenvalue weighted by molar-refractivity contribution is -0.117. The lowest BCUT2D eigenvalue weighted by atomic mass is 10.2. The van der Waals surface area contributed by atoms with Crippen molar-refractivity contribution < 1.29 is 9.90 Å². The van der Waals surface area contributed by atoms with Gasteiger partial charge in [-0.25, -0.2) is 0 Å². The van der Waals surface area contributed by atoms with Crippen LogP contribution in [0.2, 0.25) is 0 Å². The van der Waals surface area contributed by atoms with Crippen LogP contribution in [0.1, 0.15) is 12.5 Å². The highest BCUT2D eigenvalue weighted by Crippen LogP contribution is 2.30. The van der Waals surface area contributed by atoms with Crippen LogP contribution in [0, 0.1) is 6.92 Å². The van der Waals surface area contributed by atoms with E-state index in [-0.39, 0.29) is 16.8 Å². The van der Waals surface area contributed by atoms with Crippen LogP contribution in [-0.2, 0) is 4.79 Å². The van der Waals surface area contributed by atoms with E-state index in [9.17, 15) is 9.90 Å². The van der Waals surface area contributed by atoms with Crippen LogP contribution in [0.15, 0.2) is 16.6 Å². The number of anilines is 1. The molecule has 0 atom stereocenters. The monoisotopic (exact) mass is 302 g/mol. The minimum Gasteiger partial charge on any atom is -0.506 e. The molecule has 0 fully saturated rings. The summed E-state index contributed by atoms with van der Waals surface area (Å²) in [5, 5.41) is 15.0. The van der Waals surface area contributed by atoms with E-state index in [0.29, 0.717) is 15.7 Å². The van der Waals surface area contributed by atoms with Gasteiger partial charge in [0.15, 0.2) is 5.11 Å².